The topological polar surface area (TPSA) is 111 Å². The van der Waals surface area contributed by atoms with E-state index in [0.29, 0.717) is 24.3 Å². The van der Waals surface area contributed by atoms with Gasteiger partial charge in [-0.05, 0) is 30.7 Å². The molecule has 0 aliphatic heterocycles. The SMILES string of the molecule is CCC[C@@H](C(N)=O)N(C)C(=O)CNC(=O)Oc1ccc(OC)cc1. The summed E-state index contributed by atoms with van der Waals surface area (Å²) in [5.74, 6) is -0.0597. The largest absolute Gasteiger partial charge is 0.497 e. The van der Waals surface area contributed by atoms with Crippen LogP contribution in [0.3, 0.4) is 0 Å². The number of nitrogens with zero attached hydrogens (tertiary/aromatic N) is 1. The highest BCUT2D eigenvalue weighted by Gasteiger charge is 2.24. The van der Waals surface area contributed by atoms with E-state index in [-0.39, 0.29) is 6.54 Å². The van der Waals surface area contributed by atoms with Gasteiger partial charge in [0.15, 0.2) is 0 Å². The van der Waals surface area contributed by atoms with Crippen LogP contribution in [0.15, 0.2) is 24.3 Å². The predicted molar refractivity (Wildman–Crippen MR) is 87.7 cm³/mol. The van der Waals surface area contributed by atoms with Crippen LogP contribution in [0.4, 0.5) is 4.79 Å². The summed E-state index contributed by atoms with van der Waals surface area (Å²) >= 11 is 0. The molecule has 132 valence electrons. The third kappa shape index (κ3) is 5.79. The molecule has 0 bridgehead atoms. The number of hydrogen-bond donors (Lipinski definition) is 2. The first-order valence-corrected chi connectivity index (χ1v) is 7.53. The number of amides is 3. The minimum absolute atomic E-state index is 0.293. The quantitative estimate of drug-likeness (QED) is 0.732. The number of primary amides is 1. The fourth-order valence-electron chi connectivity index (χ4n) is 2.03. The summed E-state index contributed by atoms with van der Waals surface area (Å²) in [5, 5.41) is 2.34. The standard InChI is InChI=1S/C16H23N3O5/c1-4-5-13(15(17)21)19(2)14(20)10-18-16(22)24-12-8-6-11(23-3)7-9-12/h6-9,13H,4-5,10H2,1-3H3,(H2,17,21)(H,18,22)/t13-/m0/s1. The van der Waals surface area contributed by atoms with Crippen LogP contribution in [-0.4, -0.2) is 49.6 Å². The second-order valence-electron chi connectivity index (χ2n) is 5.13. The Labute approximate surface area is 140 Å². The van der Waals surface area contributed by atoms with Crippen molar-refractivity contribution in [2.24, 2.45) is 5.73 Å². The van der Waals surface area contributed by atoms with Crippen LogP contribution in [0.2, 0.25) is 0 Å². The smallest absolute Gasteiger partial charge is 0.413 e. The second kappa shape index (κ2) is 9.39. The van der Waals surface area contributed by atoms with E-state index in [4.69, 9.17) is 15.2 Å². The van der Waals surface area contributed by atoms with Gasteiger partial charge in [-0.2, -0.15) is 0 Å². The summed E-state index contributed by atoms with van der Waals surface area (Å²) in [6.45, 7) is 1.59. The predicted octanol–water partition coefficient (Wildman–Crippen LogP) is 0.896. The van der Waals surface area contributed by atoms with Gasteiger partial charge in [0.2, 0.25) is 11.8 Å². The van der Waals surface area contributed by atoms with Crippen molar-refractivity contribution in [1.29, 1.82) is 0 Å². The Morgan fingerprint density at radius 3 is 2.29 bits per heavy atom. The van der Waals surface area contributed by atoms with Crippen molar-refractivity contribution in [2.75, 3.05) is 20.7 Å². The molecule has 0 aliphatic rings. The molecule has 8 nitrogen and oxygen atoms in total. The Morgan fingerprint density at radius 1 is 1.21 bits per heavy atom. The van der Waals surface area contributed by atoms with Crippen molar-refractivity contribution in [1.82, 2.24) is 10.2 Å². The van der Waals surface area contributed by atoms with E-state index in [0.717, 1.165) is 0 Å². The minimum atomic E-state index is -0.770. The van der Waals surface area contributed by atoms with Crippen LogP contribution in [0.5, 0.6) is 11.5 Å². The number of likely N-dealkylation sites (N-methyl/N-ethyl adjacent to an activating group) is 1. The molecule has 0 saturated heterocycles. The molecule has 0 spiro atoms. The van der Waals surface area contributed by atoms with Gasteiger partial charge in [-0.25, -0.2) is 4.79 Å². The Hall–Kier alpha value is -2.77. The van der Waals surface area contributed by atoms with E-state index in [9.17, 15) is 14.4 Å². The highest BCUT2D eigenvalue weighted by atomic mass is 16.6. The number of methoxy groups -OCH3 is 1. The lowest BCUT2D eigenvalue weighted by molar-refractivity contribution is -0.137. The van der Waals surface area contributed by atoms with Gasteiger partial charge < -0.3 is 25.4 Å². The zero-order valence-electron chi connectivity index (χ0n) is 14.1. The van der Waals surface area contributed by atoms with Crippen molar-refractivity contribution in [2.45, 2.75) is 25.8 Å². The molecular weight excluding hydrogens is 314 g/mol. The summed E-state index contributed by atoms with van der Waals surface area (Å²) in [4.78, 5) is 36.3. The van der Waals surface area contributed by atoms with Gasteiger partial charge in [-0.1, -0.05) is 13.3 Å². The van der Waals surface area contributed by atoms with Crippen molar-refractivity contribution in [3.05, 3.63) is 24.3 Å². The van der Waals surface area contributed by atoms with E-state index in [1.165, 1.54) is 19.1 Å². The number of carbonyl (C=O) groups is 3. The molecule has 3 amide bonds. The van der Waals surface area contributed by atoms with Crippen LogP contribution in [0.25, 0.3) is 0 Å². The average molecular weight is 337 g/mol. The summed E-state index contributed by atoms with van der Waals surface area (Å²) in [7, 11) is 3.01. The monoisotopic (exact) mass is 337 g/mol. The van der Waals surface area contributed by atoms with Crippen LogP contribution < -0.4 is 20.5 Å². The molecule has 3 N–H and O–H groups in total. The molecule has 0 radical (unpaired) electrons. The minimum Gasteiger partial charge on any atom is -0.497 e. The number of rotatable bonds is 8. The molecule has 0 heterocycles. The van der Waals surface area contributed by atoms with Crippen LogP contribution in [0, 0.1) is 0 Å². The van der Waals surface area contributed by atoms with E-state index >= 15 is 0 Å². The molecule has 1 aromatic carbocycles. The molecule has 1 rings (SSSR count). The Morgan fingerprint density at radius 2 is 1.79 bits per heavy atom. The molecule has 0 aliphatic carbocycles. The van der Waals surface area contributed by atoms with Crippen molar-refractivity contribution < 1.29 is 23.9 Å². The van der Waals surface area contributed by atoms with Gasteiger partial charge in [0, 0.05) is 7.05 Å². The average Bonchev–Trinajstić information content (AvgIpc) is 2.57. The fraction of sp³-hybridized carbons (Fsp3) is 0.438. The van der Waals surface area contributed by atoms with E-state index < -0.39 is 23.9 Å². The Bertz CT molecular complexity index is 574. The number of nitrogens with one attached hydrogen (secondary N) is 1. The second-order valence-corrected chi connectivity index (χ2v) is 5.13. The lowest BCUT2D eigenvalue weighted by Crippen LogP contribution is -2.49. The van der Waals surface area contributed by atoms with E-state index in [1.807, 2.05) is 6.92 Å². The van der Waals surface area contributed by atoms with Gasteiger partial charge in [0.25, 0.3) is 0 Å². The molecule has 0 unspecified atom stereocenters. The molecule has 0 fully saturated rings. The van der Waals surface area contributed by atoms with E-state index in [2.05, 4.69) is 5.32 Å². The summed E-state index contributed by atoms with van der Waals surface area (Å²) in [5.41, 5.74) is 5.29. The first-order chi connectivity index (χ1) is 11.4. The number of benzene rings is 1. The summed E-state index contributed by atoms with van der Waals surface area (Å²) in [6.07, 6.45) is 0.402. The molecule has 0 aromatic heterocycles. The lowest BCUT2D eigenvalue weighted by atomic mass is 10.1. The molecule has 1 aromatic rings. The maximum Gasteiger partial charge on any atom is 0.413 e. The molecule has 24 heavy (non-hydrogen) atoms. The number of hydrogen-bond acceptors (Lipinski definition) is 5. The van der Waals surface area contributed by atoms with E-state index in [1.54, 1.807) is 24.3 Å². The molecule has 8 heteroatoms. The zero-order chi connectivity index (χ0) is 18.1. The van der Waals surface area contributed by atoms with Crippen molar-refractivity contribution >= 4 is 17.9 Å². The van der Waals surface area contributed by atoms with Crippen LogP contribution in [-0.2, 0) is 9.59 Å². The summed E-state index contributed by atoms with van der Waals surface area (Å²) in [6, 6.07) is 5.72. The Kier molecular flexibility index (Phi) is 7.54. The lowest BCUT2D eigenvalue weighted by Gasteiger charge is -2.25. The van der Waals surface area contributed by atoms with Gasteiger partial charge >= 0.3 is 6.09 Å². The molecule has 0 saturated carbocycles. The number of ether oxygens (including phenoxy) is 2. The van der Waals surface area contributed by atoms with Crippen molar-refractivity contribution in [3.8, 4) is 11.5 Å². The van der Waals surface area contributed by atoms with Crippen LogP contribution >= 0.6 is 0 Å². The van der Waals surface area contributed by atoms with Gasteiger partial charge in [-0.15, -0.1) is 0 Å². The van der Waals surface area contributed by atoms with Gasteiger partial charge in [-0.3, -0.25) is 9.59 Å². The maximum absolute atomic E-state index is 12.0. The van der Waals surface area contributed by atoms with Gasteiger partial charge in [0.1, 0.15) is 24.1 Å². The first-order valence-electron chi connectivity index (χ1n) is 7.53. The van der Waals surface area contributed by atoms with Crippen molar-refractivity contribution in [3.63, 3.8) is 0 Å². The maximum atomic E-state index is 12.0. The normalized spacial score (nSPS) is 11.3. The third-order valence-corrected chi connectivity index (χ3v) is 3.41. The Balaban J connectivity index is 2.49. The summed E-state index contributed by atoms with van der Waals surface area (Å²) < 4.78 is 10.0. The van der Waals surface area contributed by atoms with Gasteiger partial charge in [0.05, 0.1) is 7.11 Å². The molecular formula is C16H23N3O5. The van der Waals surface area contributed by atoms with Crippen LogP contribution in [0.1, 0.15) is 19.8 Å². The highest BCUT2D eigenvalue weighted by Crippen LogP contribution is 2.16. The fourth-order valence-corrected chi connectivity index (χ4v) is 2.03. The number of carbonyl (C=O) groups excluding carboxylic acids is 3. The highest BCUT2D eigenvalue weighted by molar-refractivity contribution is 5.88. The third-order valence-electron chi connectivity index (χ3n) is 3.41. The number of nitrogens with two attached hydrogens (primary N) is 1. The first kappa shape index (κ1) is 19.3. The zero-order valence-corrected chi connectivity index (χ0v) is 14.1. The molecule has 1 atom stereocenters.